The molecule has 0 spiro atoms. The molecule has 0 radical (unpaired) electrons. The summed E-state index contributed by atoms with van der Waals surface area (Å²) in [4.78, 5) is 22.7. The Hall–Kier alpha value is -2.88. The van der Waals surface area contributed by atoms with Crippen LogP contribution in [0.3, 0.4) is 0 Å². The van der Waals surface area contributed by atoms with E-state index < -0.39 is 25.2 Å². The fourth-order valence-corrected chi connectivity index (χ4v) is 2.10. The number of rotatable bonds is 6. The number of nitrogens with one attached hydrogen (secondary N) is 2. The molecule has 8 nitrogen and oxygen atoms in total. The van der Waals surface area contributed by atoms with Crippen molar-refractivity contribution in [3.05, 3.63) is 54.1 Å². The Balaban J connectivity index is 1.90. The molecule has 0 fully saturated rings. The second kappa shape index (κ2) is 8.29. The van der Waals surface area contributed by atoms with Gasteiger partial charge in [-0.2, -0.15) is 0 Å². The lowest BCUT2D eigenvalue weighted by Crippen LogP contribution is -2.32. The molecule has 130 valence electrons. The van der Waals surface area contributed by atoms with Gasteiger partial charge in [-0.15, -0.1) is 0 Å². The SMILES string of the molecule is N[C@@H](Cc1ccc(NC(=O)Nc2ccc(B(O)O)cc2)cc1)C(=O)O. The number of benzene rings is 2. The van der Waals surface area contributed by atoms with E-state index >= 15 is 0 Å². The Bertz CT molecular complexity index is 734. The summed E-state index contributed by atoms with van der Waals surface area (Å²) >= 11 is 0. The van der Waals surface area contributed by atoms with E-state index in [1.54, 1.807) is 36.4 Å². The van der Waals surface area contributed by atoms with Gasteiger partial charge in [0.2, 0.25) is 0 Å². The summed E-state index contributed by atoms with van der Waals surface area (Å²) in [7, 11) is -1.56. The molecule has 1 atom stereocenters. The summed E-state index contributed by atoms with van der Waals surface area (Å²) in [5.74, 6) is -1.07. The number of carbonyl (C=O) groups excluding carboxylic acids is 1. The zero-order valence-corrected chi connectivity index (χ0v) is 13.2. The molecule has 0 bridgehead atoms. The van der Waals surface area contributed by atoms with Gasteiger partial charge in [-0.25, -0.2) is 4.79 Å². The van der Waals surface area contributed by atoms with Gasteiger partial charge >= 0.3 is 19.1 Å². The van der Waals surface area contributed by atoms with Gasteiger partial charge in [0.25, 0.3) is 0 Å². The van der Waals surface area contributed by atoms with Crippen molar-refractivity contribution in [2.45, 2.75) is 12.5 Å². The Morgan fingerprint density at radius 2 is 1.44 bits per heavy atom. The number of carbonyl (C=O) groups is 2. The number of amides is 2. The zero-order chi connectivity index (χ0) is 18.4. The van der Waals surface area contributed by atoms with Crippen LogP contribution in [0.2, 0.25) is 0 Å². The number of carboxylic acids is 1. The topological polar surface area (TPSA) is 145 Å². The van der Waals surface area contributed by atoms with Crippen LogP contribution in [0.15, 0.2) is 48.5 Å². The number of hydrogen-bond acceptors (Lipinski definition) is 5. The highest BCUT2D eigenvalue weighted by Gasteiger charge is 2.12. The molecule has 2 aromatic carbocycles. The molecule has 0 aliphatic rings. The van der Waals surface area contributed by atoms with Crippen LogP contribution in [-0.4, -0.2) is 40.3 Å². The molecule has 2 aromatic rings. The minimum absolute atomic E-state index is 0.199. The maximum Gasteiger partial charge on any atom is 0.488 e. The van der Waals surface area contributed by atoms with E-state index in [1.807, 2.05) is 0 Å². The van der Waals surface area contributed by atoms with Crippen molar-refractivity contribution in [3.8, 4) is 0 Å². The lowest BCUT2D eigenvalue weighted by molar-refractivity contribution is -0.138. The number of anilines is 2. The van der Waals surface area contributed by atoms with Crippen molar-refractivity contribution < 1.29 is 24.7 Å². The van der Waals surface area contributed by atoms with Crippen LogP contribution in [0.5, 0.6) is 0 Å². The second-order valence-electron chi connectivity index (χ2n) is 5.42. The molecule has 0 aliphatic carbocycles. The Labute approximate surface area is 144 Å². The first-order valence-electron chi connectivity index (χ1n) is 7.46. The molecule has 0 saturated carbocycles. The van der Waals surface area contributed by atoms with Gasteiger partial charge in [-0.3, -0.25) is 4.79 Å². The monoisotopic (exact) mass is 343 g/mol. The Morgan fingerprint density at radius 1 is 0.960 bits per heavy atom. The summed E-state index contributed by atoms with van der Waals surface area (Å²) < 4.78 is 0. The van der Waals surface area contributed by atoms with E-state index in [9.17, 15) is 9.59 Å². The summed E-state index contributed by atoms with van der Waals surface area (Å²) in [6.45, 7) is 0. The van der Waals surface area contributed by atoms with Crippen molar-refractivity contribution in [3.63, 3.8) is 0 Å². The molecule has 0 heterocycles. The molecule has 9 heteroatoms. The Morgan fingerprint density at radius 3 is 1.88 bits per heavy atom. The number of hydrogen-bond donors (Lipinski definition) is 6. The highest BCUT2D eigenvalue weighted by Crippen LogP contribution is 2.12. The summed E-state index contributed by atoms with van der Waals surface area (Å²) in [6.07, 6.45) is 0.199. The normalized spacial score (nSPS) is 11.5. The summed E-state index contributed by atoms with van der Waals surface area (Å²) in [5, 5.41) is 32.1. The van der Waals surface area contributed by atoms with Crippen molar-refractivity contribution in [1.82, 2.24) is 0 Å². The van der Waals surface area contributed by atoms with Crippen molar-refractivity contribution in [1.29, 1.82) is 0 Å². The molecule has 0 unspecified atom stereocenters. The number of urea groups is 1. The lowest BCUT2D eigenvalue weighted by atomic mass is 9.80. The van der Waals surface area contributed by atoms with E-state index in [1.165, 1.54) is 12.1 Å². The van der Waals surface area contributed by atoms with Crippen LogP contribution in [0.1, 0.15) is 5.56 Å². The first kappa shape index (κ1) is 18.5. The average molecular weight is 343 g/mol. The summed E-state index contributed by atoms with van der Waals surface area (Å²) in [5.41, 5.74) is 7.57. The first-order valence-corrected chi connectivity index (χ1v) is 7.46. The fraction of sp³-hybridized carbons (Fsp3) is 0.125. The predicted octanol–water partition coefficient (Wildman–Crippen LogP) is -0.0352. The molecule has 0 aromatic heterocycles. The van der Waals surface area contributed by atoms with Gasteiger partial charge in [0.15, 0.2) is 0 Å². The van der Waals surface area contributed by atoms with Crippen LogP contribution in [0.4, 0.5) is 16.2 Å². The van der Waals surface area contributed by atoms with Crippen LogP contribution >= 0.6 is 0 Å². The molecule has 7 N–H and O–H groups in total. The van der Waals surface area contributed by atoms with Gasteiger partial charge in [0.05, 0.1) is 0 Å². The smallest absolute Gasteiger partial charge is 0.480 e. The van der Waals surface area contributed by atoms with E-state index in [0.717, 1.165) is 5.56 Å². The summed E-state index contributed by atoms with van der Waals surface area (Å²) in [6, 6.07) is 11.3. The lowest BCUT2D eigenvalue weighted by Gasteiger charge is -2.10. The maximum atomic E-state index is 11.9. The van der Waals surface area contributed by atoms with Gasteiger partial charge < -0.3 is 31.5 Å². The minimum Gasteiger partial charge on any atom is -0.480 e. The third-order valence-corrected chi connectivity index (χ3v) is 3.45. The van der Waals surface area contributed by atoms with E-state index in [-0.39, 0.29) is 6.42 Å². The van der Waals surface area contributed by atoms with E-state index in [2.05, 4.69) is 10.6 Å². The highest BCUT2D eigenvalue weighted by molar-refractivity contribution is 6.58. The number of aliphatic carboxylic acids is 1. The van der Waals surface area contributed by atoms with E-state index in [4.69, 9.17) is 20.9 Å². The molecule has 0 aliphatic heterocycles. The van der Waals surface area contributed by atoms with Crippen LogP contribution < -0.4 is 21.8 Å². The second-order valence-corrected chi connectivity index (χ2v) is 5.42. The quantitative estimate of drug-likeness (QED) is 0.406. The standard InChI is InChI=1S/C16H18BN3O5/c18-14(15(21)22)9-10-1-5-12(6-2-10)19-16(23)20-13-7-3-11(4-8-13)17(24)25/h1-8,14,24-25H,9,18H2,(H,21,22)(H2,19,20,23)/t14-/m0/s1. The predicted molar refractivity (Wildman–Crippen MR) is 94.7 cm³/mol. The fourth-order valence-electron chi connectivity index (χ4n) is 2.10. The zero-order valence-electron chi connectivity index (χ0n) is 13.2. The third-order valence-electron chi connectivity index (χ3n) is 3.45. The maximum absolute atomic E-state index is 11.9. The van der Waals surface area contributed by atoms with Crippen LogP contribution in [0, 0.1) is 0 Å². The van der Waals surface area contributed by atoms with Crippen LogP contribution in [0.25, 0.3) is 0 Å². The first-order chi connectivity index (χ1) is 11.8. The van der Waals surface area contributed by atoms with Crippen LogP contribution in [-0.2, 0) is 11.2 Å². The molecule has 25 heavy (non-hydrogen) atoms. The molecule has 2 amide bonds. The molecular weight excluding hydrogens is 325 g/mol. The van der Waals surface area contributed by atoms with Gasteiger partial charge in [-0.05, 0) is 41.7 Å². The van der Waals surface area contributed by atoms with Crippen molar-refractivity contribution in [2.75, 3.05) is 10.6 Å². The molecule has 2 rings (SSSR count). The van der Waals surface area contributed by atoms with Gasteiger partial charge in [-0.1, -0.05) is 24.3 Å². The van der Waals surface area contributed by atoms with Crippen molar-refractivity contribution >= 4 is 36.0 Å². The average Bonchev–Trinajstić information content (AvgIpc) is 2.57. The molecule has 0 saturated heterocycles. The minimum atomic E-state index is -1.56. The van der Waals surface area contributed by atoms with Gasteiger partial charge in [0, 0.05) is 11.4 Å². The van der Waals surface area contributed by atoms with Gasteiger partial charge in [0.1, 0.15) is 6.04 Å². The Kier molecular flexibility index (Phi) is 6.12. The highest BCUT2D eigenvalue weighted by atomic mass is 16.4. The number of carboxylic acid groups (broad SMARTS) is 1. The van der Waals surface area contributed by atoms with E-state index in [0.29, 0.717) is 16.8 Å². The largest absolute Gasteiger partial charge is 0.488 e. The number of nitrogens with two attached hydrogens (primary N) is 1. The third kappa shape index (κ3) is 5.61. The molecular formula is C16H18BN3O5. The van der Waals surface area contributed by atoms with Crippen molar-refractivity contribution in [2.24, 2.45) is 5.73 Å².